The van der Waals surface area contributed by atoms with E-state index < -0.39 is 12.1 Å². The maximum Gasteiger partial charge on any atom is 0.309 e. The molecule has 0 aliphatic heterocycles. The van der Waals surface area contributed by atoms with Crippen LogP contribution in [0, 0.1) is 0 Å². The van der Waals surface area contributed by atoms with Crippen LogP contribution >= 0.6 is 0 Å². The highest BCUT2D eigenvalue weighted by Crippen LogP contribution is 2.12. The zero-order valence-corrected chi connectivity index (χ0v) is 38.7. The third-order valence-electron chi connectivity index (χ3n) is 9.91. The van der Waals surface area contributed by atoms with E-state index in [-0.39, 0.29) is 31.6 Å². The zero-order chi connectivity index (χ0) is 43.7. The summed E-state index contributed by atoms with van der Waals surface area (Å²) in [5, 5.41) is 0. The number of carbonyl (C=O) groups is 3. The van der Waals surface area contributed by atoms with Crippen LogP contribution in [0.3, 0.4) is 0 Å². The molecule has 0 heterocycles. The second kappa shape index (κ2) is 48.0. The van der Waals surface area contributed by atoms with Crippen LogP contribution in [0.4, 0.5) is 0 Å². The lowest BCUT2D eigenvalue weighted by Gasteiger charge is -2.18. The van der Waals surface area contributed by atoms with Gasteiger partial charge in [-0.1, -0.05) is 201 Å². The minimum Gasteiger partial charge on any atom is -0.462 e. The average Bonchev–Trinajstić information content (AvgIpc) is 3.24. The number of rotatable bonds is 42. The Hall–Kier alpha value is -3.67. The van der Waals surface area contributed by atoms with E-state index in [0.29, 0.717) is 12.8 Å². The molecule has 1 atom stereocenters. The van der Waals surface area contributed by atoms with Gasteiger partial charge in [-0.05, 0) is 83.5 Å². The highest BCUT2D eigenvalue weighted by Gasteiger charge is 2.19. The van der Waals surface area contributed by atoms with E-state index in [1.165, 1.54) is 64.2 Å². The number of carbonyl (C=O) groups excluding carboxylic acids is 3. The van der Waals surface area contributed by atoms with Crippen LogP contribution in [0.25, 0.3) is 0 Å². The molecule has 0 N–H and O–H groups in total. The normalized spacial score (nSPS) is 12.9. The quantitative estimate of drug-likeness (QED) is 0.0200. The average molecular weight is 833 g/mol. The first-order valence-electron chi connectivity index (χ1n) is 24.3. The van der Waals surface area contributed by atoms with Gasteiger partial charge in [0.05, 0.1) is 6.42 Å². The van der Waals surface area contributed by atoms with E-state index in [9.17, 15) is 14.4 Å². The minimum atomic E-state index is -0.827. The van der Waals surface area contributed by atoms with E-state index in [0.717, 1.165) is 103 Å². The monoisotopic (exact) mass is 833 g/mol. The van der Waals surface area contributed by atoms with Gasteiger partial charge in [0.25, 0.3) is 0 Å². The van der Waals surface area contributed by atoms with Gasteiger partial charge in [0.1, 0.15) is 13.2 Å². The SMILES string of the molecule is CC/C=C\C/C=C\C/C=C\CC(=O)OCC(COC(=O)CCCCCCC\C=C/C=C\C=C/CCCCCCC)OC(=O)CCCCCCCC/C=C\C=C/CCCCC. The molecule has 60 heavy (non-hydrogen) atoms. The van der Waals surface area contributed by atoms with Crippen molar-refractivity contribution < 1.29 is 28.6 Å². The number of esters is 3. The van der Waals surface area contributed by atoms with Crippen molar-refractivity contribution in [3.05, 3.63) is 97.2 Å². The Bertz CT molecular complexity index is 1230. The molecule has 0 saturated heterocycles. The van der Waals surface area contributed by atoms with E-state index in [1.54, 1.807) is 6.08 Å². The molecule has 6 heteroatoms. The Balaban J connectivity index is 4.47. The molecule has 0 aromatic heterocycles. The molecule has 0 bridgehead atoms. The molecule has 0 aromatic carbocycles. The third-order valence-corrected chi connectivity index (χ3v) is 9.91. The molecule has 0 rings (SSSR count). The lowest BCUT2D eigenvalue weighted by atomic mass is 10.1. The molecule has 0 aromatic rings. The van der Waals surface area contributed by atoms with Gasteiger partial charge in [-0.2, -0.15) is 0 Å². The topological polar surface area (TPSA) is 78.9 Å². The van der Waals surface area contributed by atoms with Crippen molar-refractivity contribution in [2.45, 2.75) is 213 Å². The molecule has 0 aliphatic rings. The van der Waals surface area contributed by atoms with E-state index in [1.807, 2.05) is 6.08 Å². The van der Waals surface area contributed by atoms with E-state index in [4.69, 9.17) is 14.2 Å². The van der Waals surface area contributed by atoms with Gasteiger partial charge in [-0.25, -0.2) is 0 Å². The summed E-state index contributed by atoms with van der Waals surface area (Å²) >= 11 is 0. The van der Waals surface area contributed by atoms with Crippen LogP contribution in [-0.2, 0) is 28.6 Å². The smallest absolute Gasteiger partial charge is 0.309 e. The van der Waals surface area contributed by atoms with Gasteiger partial charge in [-0.3, -0.25) is 14.4 Å². The molecule has 340 valence electrons. The van der Waals surface area contributed by atoms with Crippen LogP contribution in [0.1, 0.15) is 207 Å². The highest BCUT2D eigenvalue weighted by molar-refractivity contribution is 5.72. The first-order valence-corrected chi connectivity index (χ1v) is 24.3. The third kappa shape index (κ3) is 45.4. The summed E-state index contributed by atoms with van der Waals surface area (Å²) in [6.07, 6.45) is 62.8. The molecule has 0 amide bonds. The van der Waals surface area contributed by atoms with Crippen molar-refractivity contribution in [3.63, 3.8) is 0 Å². The van der Waals surface area contributed by atoms with Crippen molar-refractivity contribution in [2.24, 2.45) is 0 Å². The van der Waals surface area contributed by atoms with Gasteiger partial charge in [0, 0.05) is 12.8 Å². The highest BCUT2D eigenvalue weighted by atomic mass is 16.6. The van der Waals surface area contributed by atoms with Gasteiger partial charge in [-0.15, -0.1) is 0 Å². The van der Waals surface area contributed by atoms with Crippen LogP contribution in [0.15, 0.2) is 97.2 Å². The Morgan fingerprint density at radius 3 is 1.28 bits per heavy atom. The molecular formula is C54H88O6. The molecule has 0 saturated carbocycles. The number of unbranched alkanes of at least 4 members (excludes halogenated alkanes) is 19. The van der Waals surface area contributed by atoms with Gasteiger partial charge < -0.3 is 14.2 Å². The second-order valence-electron chi connectivity index (χ2n) is 15.7. The van der Waals surface area contributed by atoms with Crippen molar-refractivity contribution in [1.29, 1.82) is 0 Å². The van der Waals surface area contributed by atoms with Crippen molar-refractivity contribution in [2.75, 3.05) is 13.2 Å². The lowest BCUT2D eigenvalue weighted by molar-refractivity contribution is -0.166. The first-order chi connectivity index (χ1) is 29.5. The summed E-state index contributed by atoms with van der Waals surface area (Å²) in [6, 6.07) is 0. The Morgan fingerprint density at radius 2 is 0.767 bits per heavy atom. The van der Waals surface area contributed by atoms with Crippen LogP contribution < -0.4 is 0 Å². The fraction of sp³-hybridized carbons (Fsp3) is 0.648. The summed E-state index contributed by atoms with van der Waals surface area (Å²) in [5.41, 5.74) is 0. The summed E-state index contributed by atoms with van der Waals surface area (Å²) in [7, 11) is 0. The van der Waals surface area contributed by atoms with Crippen LogP contribution in [-0.4, -0.2) is 37.2 Å². The van der Waals surface area contributed by atoms with Crippen LogP contribution in [0.2, 0.25) is 0 Å². The second-order valence-corrected chi connectivity index (χ2v) is 15.7. The van der Waals surface area contributed by atoms with E-state index >= 15 is 0 Å². The van der Waals surface area contributed by atoms with Crippen molar-refractivity contribution in [1.82, 2.24) is 0 Å². The van der Waals surface area contributed by atoms with Gasteiger partial charge in [0.15, 0.2) is 6.10 Å². The fourth-order valence-electron chi connectivity index (χ4n) is 6.26. The Labute approximate surface area is 368 Å². The minimum absolute atomic E-state index is 0.121. The van der Waals surface area contributed by atoms with Gasteiger partial charge in [0.2, 0.25) is 0 Å². The summed E-state index contributed by atoms with van der Waals surface area (Å²) in [6.45, 7) is 6.33. The molecule has 0 aliphatic carbocycles. The van der Waals surface area contributed by atoms with Crippen molar-refractivity contribution in [3.8, 4) is 0 Å². The van der Waals surface area contributed by atoms with E-state index in [2.05, 4.69) is 106 Å². The lowest BCUT2D eigenvalue weighted by Crippen LogP contribution is -2.30. The fourth-order valence-corrected chi connectivity index (χ4v) is 6.26. The summed E-state index contributed by atoms with van der Waals surface area (Å²) in [5.74, 6) is -1.09. The summed E-state index contributed by atoms with van der Waals surface area (Å²) < 4.78 is 16.6. The largest absolute Gasteiger partial charge is 0.462 e. The molecule has 6 nitrogen and oxygen atoms in total. The van der Waals surface area contributed by atoms with Gasteiger partial charge >= 0.3 is 17.9 Å². The predicted octanol–water partition coefficient (Wildman–Crippen LogP) is 15.8. The number of hydrogen-bond donors (Lipinski definition) is 0. The number of allylic oxidation sites excluding steroid dienone is 15. The first kappa shape index (κ1) is 56.3. The summed E-state index contributed by atoms with van der Waals surface area (Å²) in [4.78, 5) is 37.7. The van der Waals surface area contributed by atoms with Crippen molar-refractivity contribution >= 4 is 17.9 Å². The Morgan fingerprint density at radius 1 is 0.383 bits per heavy atom. The maximum absolute atomic E-state index is 12.7. The molecule has 0 radical (unpaired) electrons. The molecular weight excluding hydrogens is 745 g/mol. The molecule has 0 spiro atoms. The standard InChI is InChI=1S/C54H88O6/c1-4-7-10-13-16-19-21-23-25-26-27-29-30-32-35-38-41-44-47-53(56)59-50-51(49-58-52(55)46-43-40-37-34-18-15-12-9-6-3)60-54(57)48-45-42-39-36-33-31-28-24-22-20-17-14-11-8-5-2/h9,12,17-18,20-27,29,34,40,43,51H,4-8,10-11,13-16,19,28,30-33,35-39,41-42,44-50H2,1-3H3/b12-9-,20-17-,23-21-,24-22-,26-25-,29-27-,34-18-,43-40-. The Kier molecular flexibility index (Phi) is 45.1. The number of hydrogen-bond acceptors (Lipinski definition) is 6. The predicted molar refractivity (Wildman–Crippen MR) is 256 cm³/mol. The molecule has 0 fully saturated rings. The maximum atomic E-state index is 12.7. The number of ether oxygens (including phenoxy) is 3. The zero-order valence-electron chi connectivity index (χ0n) is 38.7. The van der Waals surface area contributed by atoms with Crippen LogP contribution in [0.5, 0.6) is 0 Å². The molecule has 1 unspecified atom stereocenters.